The lowest BCUT2D eigenvalue weighted by Gasteiger charge is -2.09. The second-order valence-corrected chi connectivity index (χ2v) is 5.18. The maximum Gasteiger partial charge on any atom is 0.274 e. The normalized spacial score (nSPS) is 10.2. The largest absolute Gasteiger partial charge is 0.384 e. The first kappa shape index (κ1) is 14.5. The lowest BCUT2D eigenvalue weighted by atomic mass is 10.2. The summed E-state index contributed by atoms with van der Waals surface area (Å²) in [6, 6.07) is 9.24. The standard InChI is InChI=1S/C15H16BrN3O/c1-3-17-11-7-8-14(18-9-11)15(20)19-13-6-4-5-12(16)10(13)2/h4-9,17H,3H2,1-2H3,(H,19,20). The van der Waals surface area contributed by atoms with Crippen LogP contribution in [0.1, 0.15) is 23.0 Å². The second-order valence-electron chi connectivity index (χ2n) is 4.33. The van der Waals surface area contributed by atoms with Gasteiger partial charge in [0.15, 0.2) is 0 Å². The van der Waals surface area contributed by atoms with Crippen LogP contribution in [-0.4, -0.2) is 17.4 Å². The van der Waals surface area contributed by atoms with E-state index in [9.17, 15) is 4.79 Å². The van der Waals surface area contributed by atoms with Crippen molar-refractivity contribution < 1.29 is 4.79 Å². The highest BCUT2D eigenvalue weighted by molar-refractivity contribution is 9.10. The zero-order valence-corrected chi connectivity index (χ0v) is 13.0. The quantitative estimate of drug-likeness (QED) is 0.893. The van der Waals surface area contributed by atoms with Crippen molar-refractivity contribution in [1.29, 1.82) is 0 Å². The molecule has 0 fully saturated rings. The van der Waals surface area contributed by atoms with Gasteiger partial charge >= 0.3 is 0 Å². The number of nitrogens with zero attached hydrogens (tertiary/aromatic N) is 1. The van der Waals surface area contributed by atoms with Crippen LogP contribution in [0, 0.1) is 6.92 Å². The van der Waals surface area contributed by atoms with Crippen LogP contribution < -0.4 is 10.6 Å². The van der Waals surface area contributed by atoms with Gasteiger partial charge in [-0.15, -0.1) is 0 Å². The average molecular weight is 334 g/mol. The number of anilines is 2. The molecule has 0 saturated heterocycles. The number of benzene rings is 1. The van der Waals surface area contributed by atoms with E-state index in [4.69, 9.17) is 0 Å². The number of hydrogen-bond acceptors (Lipinski definition) is 3. The van der Waals surface area contributed by atoms with Crippen LogP contribution in [-0.2, 0) is 0 Å². The van der Waals surface area contributed by atoms with Crippen LogP contribution in [0.4, 0.5) is 11.4 Å². The lowest BCUT2D eigenvalue weighted by molar-refractivity contribution is 0.102. The molecule has 1 aromatic carbocycles. The molecular formula is C15H16BrN3O. The fourth-order valence-electron chi connectivity index (χ4n) is 1.77. The fraction of sp³-hybridized carbons (Fsp3) is 0.200. The van der Waals surface area contributed by atoms with Crippen LogP contribution >= 0.6 is 15.9 Å². The van der Waals surface area contributed by atoms with Gasteiger partial charge in [0.05, 0.1) is 11.9 Å². The van der Waals surface area contributed by atoms with Crippen LogP contribution in [0.5, 0.6) is 0 Å². The third-order valence-corrected chi connectivity index (χ3v) is 3.75. The number of carbonyl (C=O) groups is 1. The van der Waals surface area contributed by atoms with E-state index in [0.29, 0.717) is 5.69 Å². The Balaban J connectivity index is 2.13. The van der Waals surface area contributed by atoms with Crippen LogP contribution in [0.15, 0.2) is 41.0 Å². The molecule has 5 heteroatoms. The highest BCUT2D eigenvalue weighted by atomic mass is 79.9. The molecule has 0 bridgehead atoms. The van der Waals surface area contributed by atoms with Gasteiger partial charge in [-0.3, -0.25) is 4.79 Å². The van der Waals surface area contributed by atoms with Gasteiger partial charge in [0.25, 0.3) is 5.91 Å². The third kappa shape index (κ3) is 3.36. The first-order valence-electron chi connectivity index (χ1n) is 6.38. The van der Waals surface area contributed by atoms with Crippen molar-refractivity contribution in [3.8, 4) is 0 Å². The van der Waals surface area contributed by atoms with E-state index in [-0.39, 0.29) is 5.91 Å². The van der Waals surface area contributed by atoms with Gasteiger partial charge in [0.1, 0.15) is 5.69 Å². The summed E-state index contributed by atoms with van der Waals surface area (Å²) in [5.74, 6) is -0.214. The molecule has 1 heterocycles. The Hall–Kier alpha value is -1.88. The molecule has 0 spiro atoms. The predicted octanol–water partition coefficient (Wildman–Crippen LogP) is 3.84. The molecule has 0 aliphatic carbocycles. The first-order chi connectivity index (χ1) is 9.61. The van der Waals surface area contributed by atoms with Crippen LogP contribution in [0.25, 0.3) is 0 Å². The van der Waals surface area contributed by atoms with Crippen LogP contribution in [0.3, 0.4) is 0 Å². The number of amides is 1. The Morgan fingerprint density at radius 1 is 1.30 bits per heavy atom. The second kappa shape index (κ2) is 6.52. The van der Waals surface area contributed by atoms with Crippen molar-refractivity contribution >= 4 is 33.2 Å². The molecule has 0 unspecified atom stereocenters. The average Bonchev–Trinajstić information content (AvgIpc) is 2.45. The van der Waals surface area contributed by atoms with Crippen LogP contribution in [0.2, 0.25) is 0 Å². The summed E-state index contributed by atoms with van der Waals surface area (Å²) in [5.41, 5.74) is 3.07. The minimum absolute atomic E-state index is 0.214. The molecule has 4 nitrogen and oxygen atoms in total. The number of nitrogens with one attached hydrogen (secondary N) is 2. The maximum atomic E-state index is 12.1. The monoisotopic (exact) mass is 333 g/mol. The molecule has 104 valence electrons. The summed E-state index contributed by atoms with van der Waals surface area (Å²) in [6.07, 6.45) is 1.66. The van der Waals surface area contributed by atoms with Crippen molar-refractivity contribution in [3.05, 3.63) is 52.3 Å². The van der Waals surface area contributed by atoms with E-state index >= 15 is 0 Å². The van der Waals surface area contributed by atoms with E-state index in [2.05, 4.69) is 31.5 Å². The summed E-state index contributed by atoms with van der Waals surface area (Å²) in [4.78, 5) is 16.3. The Morgan fingerprint density at radius 3 is 2.75 bits per heavy atom. The minimum atomic E-state index is -0.214. The van der Waals surface area contributed by atoms with E-state index in [1.54, 1.807) is 12.3 Å². The number of carbonyl (C=O) groups excluding carboxylic acids is 1. The molecule has 1 aromatic heterocycles. The minimum Gasteiger partial charge on any atom is -0.384 e. The maximum absolute atomic E-state index is 12.1. The molecule has 2 N–H and O–H groups in total. The van der Waals surface area contributed by atoms with Gasteiger partial charge in [-0.2, -0.15) is 0 Å². The van der Waals surface area contributed by atoms with Gasteiger partial charge in [-0.05, 0) is 43.7 Å². The first-order valence-corrected chi connectivity index (χ1v) is 7.17. The van der Waals surface area contributed by atoms with Crippen molar-refractivity contribution in [1.82, 2.24) is 4.98 Å². The van der Waals surface area contributed by atoms with Gasteiger partial charge in [0.2, 0.25) is 0 Å². The highest BCUT2D eigenvalue weighted by Crippen LogP contribution is 2.23. The lowest BCUT2D eigenvalue weighted by Crippen LogP contribution is -2.14. The van der Waals surface area contributed by atoms with E-state index in [1.807, 2.05) is 38.1 Å². The van der Waals surface area contributed by atoms with Crippen molar-refractivity contribution in [2.75, 3.05) is 17.2 Å². The van der Waals surface area contributed by atoms with Crippen molar-refractivity contribution in [2.45, 2.75) is 13.8 Å². The zero-order valence-electron chi connectivity index (χ0n) is 11.4. The molecule has 0 aliphatic rings. The summed E-state index contributed by atoms with van der Waals surface area (Å²) < 4.78 is 0.964. The Morgan fingerprint density at radius 2 is 2.10 bits per heavy atom. The van der Waals surface area contributed by atoms with Gasteiger partial charge in [-0.25, -0.2) is 4.98 Å². The topological polar surface area (TPSA) is 54.0 Å². The van der Waals surface area contributed by atoms with E-state index in [0.717, 1.165) is 28.0 Å². The predicted molar refractivity (Wildman–Crippen MR) is 85.2 cm³/mol. The number of aromatic nitrogens is 1. The summed E-state index contributed by atoms with van der Waals surface area (Å²) in [5, 5.41) is 6.01. The number of halogens is 1. The summed E-state index contributed by atoms with van der Waals surface area (Å²) in [7, 11) is 0. The van der Waals surface area contributed by atoms with Gasteiger partial charge in [0, 0.05) is 16.7 Å². The number of pyridine rings is 1. The molecule has 0 saturated carbocycles. The molecule has 0 radical (unpaired) electrons. The number of rotatable bonds is 4. The van der Waals surface area contributed by atoms with Gasteiger partial charge in [-0.1, -0.05) is 22.0 Å². The van der Waals surface area contributed by atoms with E-state index < -0.39 is 0 Å². The Kier molecular flexibility index (Phi) is 4.74. The van der Waals surface area contributed by atoms with E-state index in [1.165, 1.54) is 0 Å². The molecule has 2 aromatic rings. The fourth-order valence-corrected chi connectivity index (χ4v) is 2.13. The molecular weight excluding hydrogens is 318 g/mol. The smallest absolute Gasteiger partial charge is 0.274 e. The highest BCUT2D eigenvalue weighted by Gasteiger charge is 2.10. The summed E-state index contributed by atoms with van der Waals surface area (Å²) in [6.45, 7) is 4.78. The molecule has 2 rings (SSSR count). The Labute approximate surface area is 126 Å². The van der Waals surface area contributed by atoms with Crippen molar-refractivity contribution in [3.63, 3.8) is 0 Å². The molecule has 0 aliphatic heterocycles. The third-order valence-electron chi connectivity index (χ3n) is 2.89. The molecule has 20 heavy (non-hydrogen) atoms. The van der Waals surface area contributed by atoms with Gasteiger partial charge < -0.3 is 10.6 Å². The SMILES string of the molecule is CCNc1ccc(C(=O)Nc2cccc(Br)c2C)nc1. The number of hydrogen-bond donors (Lipinski definition) is 2. The Bertz CT molecular complexity index is 611. The molecule has 0 atom stereocenters. The summed E-state index contributed by atoms with van der Waals surface area (Å²) >= 11 is 3.44. The zero-order chi connectivity index (χ0) is 14.5. The molecule has 1 amide bonds. The van der Waals surface area contributed by atoms with Crippen molar-refractivity contribution in [2.24, 2.45) is 0 Å².